The minimum atomic E-state index is -0.668. The minimum absolute atomic E-state index is 0.0701. The second-order valence-electron chi connectivity index (χ2n) is 5.61. The van der Waals surface area contributed by atoms with Gasteiger partial charge in [0.25, 0.3) is 0 Å². The summed E-state index contributed by atoms with van der Waals surface area (Å²) in [7, 11) is 1.56. The minimum Gasteiger partial charge on any atom is -0.496 e. The number of hydrogen-bond acceptors (Lipinski definition) is 3. The first-order valence-corrected chi connectivity index (χ1v) is 7.56. The number of aryl methyl sites for hydroxylation is 2. The average molecular weight is 339 g/mol. The van der Waals surface area contributed by atoms with Crippen LogP contribution in [0.2, 0.25) is 0 Å². The van der Waals surface area contributed by atoms with Crippen LogP contribution in [0.5, 0.6) is 5.75 Å². The molecule has 0 radical (unpaired) electrons. The van der Waals surface area contributed by atoms with E-state index in [0.717, 1.165) is 5.56 Å². The Labute approximate surface area is 143 Å². The maximum absolute atomic E-state index is 14.7. The van der Waals surface area contributed by atoms with Crippen molar-refractivity contribution >= 4 is 0 Å². The van der Waals surface area contributed by atoms with Crippen molar-refractivity contribution in [2.24, 2.45) is 0 Å². The number of nitrogens with zero attached hydrogens (tertiary/aromatic N) is 3. The molecule has 0 unspecified atom stereocenters. The largest absolute Gasteiger partial charge is 0.496 e. The van der Waals surface area contributed by atoms with Gasteiger partial charge in [0, 0.05) is 5.56 Å². The number of halogens is 2. The summed E-state index contributed by atoms with van der Waals surface area (Å²) in [4.78, 5) is 4.23. The number of hydrogen-bond donors (Lipinski definition) is 0. The van der Waals surface area contributed by atoms with Crippen molar-refractivity contribution in [3.05, 3.63) is 65.0 Å². The zero-order valence-electron chi connectivity index (χ0n) is 14.0. The lowest BCUT2D eigenvalue weighted by molar-refractivity contribution is 0.411. The molecule has 6 heteroatoms. The van der Waals surface area contributed by atoms with Gasteiger partial charge >= 0.3 is 0 Å². The van der Waals surface area contributed by atoms with Gasteiger partial charge in [-0.05, 0) is 55.8 Å². The van der Waals surface area contributed by atoms with E-state index >= 15 is 0 Å². The van der Waals surface area contributed by atoms with Gasteiger partial charge in [-0.3, -0.25) is 4.57 Å². The van der Waals surface area contributed by atoms with Crippen molar-refractivity contribution in [3.8, 4) is 28.9 Å². The van der Waals surface area contributed by atoms with Crippen LogP contribution in [0.3, 0.4) is 0 Å². The van der Waals surface area contributed by atoms with E-state index in [1.54, 1.807) is 44.4 Å². The SMILES string of the molecule is COc1ccc(-n2c(-c3ccc(C#N)c(F)c3)nc(C)c2F)cc1C. The van der Waals surface area contributed by atoms with Crippen molar-refractivity contribution < 1.29 is 13.5 Å². The summed E-state index contributed by atoms with van der Waals surface area (Å²) in [5, 5.41) is 8.86. The summed E-state index contributed by atoms with van der Waals surface area (Å²) in [6.07, 6.45) is 0. The van der Waals surface area contributed by atoms with Gasteiger partial charge in [-0.25, -0.2) is 9.37 Å². The van der Waals surface area contributed by atoms with Gasteiger partial charge < -0.3 is 4.74 Å². The molecular formula is C19H15F2N3O. The fourth-order valence-electron chi connectivity index (χ4n) is 2.69. The van der Waals surface area contributed by atoms with Crippen molar-refractivity contribution in [1.29, 1.82) is 5.26 Å². The van der Waals surface area contributed by atoms with E-state index in [1.807, 2.05) is 6.92 Å². The molecule has 0 spiro atoms. The Kier molecular flexibility index (Phi) is 4.24. The number of benzene rings is 2. The highest BCUT2D eigenvalue weighted by Crippen LogP contribution is 2.29. The topological polar surface area (TPSA) is 50.8 Å². The highest BCUT2D eigenvalue weighted by Gasteiger charge is 2.19. The first-order chi connectivity index (χ1) is 12.0. The molecule has 1 aromatic heterocycles. The molecule has 0 N–H and O–H groups in total. The van der Waals surface area contributed by atoms with Crippen LogP contribution in [0.1, 0.15) is 16.8 Å². The Balaban J connectivity index is 2.21. The quantitative estimate of drug-likeness (QED) is 0.714. The molecule has 0 bridgehead atoms. The number of imidazole rings is 1. The van der Waals surface area contributed by atoms with E-state index in [1.165, 1.54) is 16.7 Å². The van der Waals surface area contributed by atoms with Crippen LogP contribution in [0.15, 0.2) is 36.4 Å². The fourth-order valence-corrected chi connectivity index (χ4v) is 2.69. The summed E-state index contributed by atoms with van der Waals surface area (Å²) >= 11 is 0. The molecule has 1 heterocycles. The third-order valence-electron chi connectivity index (χ3n) is 3.96. The molecule has 4 nitrogen and oxygen atoms in total. The molecule has 0 aliphatic rings. The Morgan fingerprint density at radius 3 is 2.48 bits per heavy atom. The van der Waals surface area contributed by atoms with Crippen molar-refractivity contribution in [2.75, 3.05) is 7.11 Å². The van der Waals surface area contributed by atoms with E-state index in [2.05, 4.69) is 4.98 Å². The molecule has 0 amide bonds. The maximum Gasteiger partial charge on any atom is 0.221 e. The lowest BCUT2D eigenvalue weighted by atomic mass is 10.1. The monoisotopic (exact) mass is 339 g/mol. The van der Waals surface area contributed by atoms with Gasteiger partial charge in [-0.1, -0.05) is 0 Å². The summed E-state index contributed by atoms with van der Waals surface area (Å²) in [6, 6.07) is 11.1. The lowest BCUT2D eigenvalue weighted by Gasteiger charge is -2.12. The standard InChI is InChI=1S/C19H15F2N3O/c1-11-8-15(6-7-17(11)25-3)24-18(21)12(2)23-19(24)13-4-5-14(10-22)16(20)9-13/h4-9H,1-3H3. The molecule has 0 aliphatic heterocycles. The van der Waals surface area contributed by atoms with Crippen LogP contribution < -0.4 is 4.74 Å². The highest BCUT2D eigenvalue weighted by molar-refractivity contribution is 5.61. The molecule has 3 rings (SSSR count). The van der Waals surface area contributed by atoms with Gasteiger partial charge in [0.05, 0.1) is 24.1 Å². The van der Waals surface area contributed by atoms with Crippen molar-refractivity contribution in [1.82, 2.24) is 9.55 Å². The smallest absolute Gasteiger partial charge is 0.221 e. The molecule has 3 aromatic rings. The van der Waals surface area contributed by atoms with E-state index in [9.17, 15) is 8.78 Å². The maximum atomic E-state index is 14.7. The van der Waals surface area contributed by atoms with Gasteiger partial charge in [0.1, 0.15) is 23.5 Å². The summed E-state index contributed by atoms with van der Waals surface area (Å²) < 4.78 is 35.2. The normalized spacial score (nSPS) is 10.6. The average Bonchev–Trinajstić information content (AvgIpc) is 2.90. The van der Waals surface area contributed by atoms with Crippen LogP contribution in [0.4, 0.5) is 8.78 Å². The summed E-state index contributed by atoms with van der Waals surface area (Å²) in [5.74, 6) is -0.238. The zero-order chi connectivity index (χ0) is 18.1. The van der Waals surface area contributed by atoms with Crippen molar-refractivity contribution in [2.45, 2.75) is 13.8 Å². The molecule has 126 valence electrons. The number of ether oxygens (including phenoxy) is 1. The van der Waals surface area contributed by atoms with Gasteiger partial charge in [0.2, 0.25) is 5.95 Å². The first kappa shape index (κ1) is 16.7. The predicted molar refractivity (Wildman–Crippen MR) is 89.7 cm³/mol. The van der Waals surface area contributed by atoms with E-state index in [4.69, 9.17) is 10.00 Å². The number of methoxy groups -OCH3 is 1. The van der Waals surface area contributed by atoms with Crippen LogP contribution in [0.25, 0.3) is 17.1 Å². The molecular weight excluding hydrogens is 324 g/mol. The number of aromatic nitrogens is 2. The Morgan fingerprint density at radius 2 is 1.88 bits per heavy atom. The molecule has 0 saturated carbocycles. The van der Waals surface area contributed by atoms with Crippen LogP contribution in [0, 0.1) is 36.9 Å². The summed E-state index contributed by atoms with van der Waals surface area (Å²) in [5.41, 5.74) is 1.91. The number of rotatable bonds is 3. The van der Waals surface area contributed by atoms with Gasteiger partial charge in [-0.2, -0.15) is 9.65 Å². The molecule has 0 atom stereocenters. The van der Waals surface area contributed by atoms with Gasteiger partial charge in [-0.15, -0.1) is 0 Å². The molecule has 0 aliphatic carbocycles. The second kappa shape index (κ2) is 6.36. The fraction of sp³-hybridized carbons (Fsp3) is 0.158. The van der Waals surface area contributed by atoms with Crippen LogP contribution in [-0.2, 0) is 0 Å². The molecule has 0 fully saturated rings. The zero-order valence-corrected chi connectivity index (χ0v) is 14.0. The van der Waals surface area contributed by atoms with E-state index in [-0.39, 0.29) is 17.1 Å². The van der Waals surface area contributed by atoms with Crippen LogP contribution in [-0.4, -0.2) is 16.7 Å². The molecule has 0 saturated heterocycles. The van der Waals surface area contributed by atoms with Crippen molar-refractivity contribution in [3.63, 3.8) is 0 Å². The number of nitriles is 1. The van der Waals surface area contributed by atoms with E-state index < -0.39 is 11.8 Å². The first-order valence-electron chi connectivity index (χ1n) is 7.56. The highest BCUT2D eigenvalue weighted by atomic mass is 19.1. The Bertz CT molecular complexity index is 1000. The lowest BCUT2D eigenvalue weighted by Crippen LogP contribution is -2.02. The molecule has 25 heavy (non-hydrogen) atoms. The third kappa shape index (κ3) is 2.85. The van der Waals surface area contributed by atoms with E-state index in [0.29, 0.717) is 17.0 Å². The summed E-state index contributed by atoms with van der Waals surface area (Å²) in [6.45, 7) is 3.40. The predicted octanol–water partition coefficient (Wildman–Crippen LogP) is 4.31. The Morgan fingerprint density at radius 1 is 1.12 bits per heavy atom. The van der Waals surface area contributed by atoms with Crippen LogP contribution >= 0.6 is 0 Å². The van der Waals surface area contributed by atoms with Gasteiger partial charge in [0.15, 0.2) is 0 Å². The second-order valence-corrected chi connectivity index (χ2v) is 5.61. The molecule has 2 aromatic carbocycles. The Hall–Kier alpha value is -3.20. The third-order valence-corrected chi connectivity index (χ3v) is 3.96.